The molecule has 0 saturated carbocycles. The Kier molecular flexibility index (Phi) is 4.17. The van der Waals surface area contributed by atoms with Gasteiger partial charge in [0, 0.05) is 17.7 Å². The van der Waals surface area contributed by atoms with Crippen LogP contribution >= 0.6 is 0 Å². The standard InChI is InChI=1S/C15H12N2O5/c1-9-3-2-4-10(7-9)14(18)16-13-6-5-11(17(21)22)8-12(13)15(19)20/h2-8H,1H3,(H,16,18)(H,19,20). The number of carbonyl (C=O) groups is 2. The number of aromatic carboxylic acids is 1. The normalized spacial score (nSPS) is 10.0. The van der Waals surface area contributed by atoms with Crippen molar-refractivity contribution < 1.29 is 19.6 Å². The monoisotopic (exact) mass is 300 g/mol. The van der Waals surface area contributed by atoms with E-state index in [1.807, 2.05) is 13.0 Å². The van der Waals surface area contributed by atoms with Gasteiger partial charge in [0.2, 0.25) is 0 Å². The predicted molar refractivity (Wildman–Crippen MR) is 79.2 cm³/mol. The maximum Gasteiger partial charge on any atom is 0.338 e. The lowest BCUT2D eigenvalue weighted by molar-refractivity contribution is -0.384. The van der Waals surface area contributed by atoms with Gasteiger partial charge >= 0.3 is 5.97 Å². The Morgan fingerprint density at radius 3 is 2.50 bits per heavy atom. The maximum atomic E-state index is 12.1. The number of carboxylic acids is 1. The molecule has 0 atom stereocenters. The van der Waals surface area contributed by atoms with E-state index < -0.39 is 16.8 Å². The second-order valence-electron chi connectivity index (χ2n) is 4.62. The molecular weight excluding hydrogens is 288 g/mol. The first-order valence-electron chi connectivity index (χ1n) is 6.28. The summed E-state index contributed by atoms with van der Waals surface area (Å²) in [6, 6.07) is 10.0. The van der Waals surface area contributed by atoms with Crippen molar-refractivity contribution in [1.82, 2.24) is 0 Å². The molecule has 112 valence electrons. The van der Waals surface area contributed by atoms with E-state index in [-0.39, 0.29) is 16.9 Å². The summed E-state index contributed by atoms with van der Waals surface area (Å²) in [7, 11) is 0. The number of nitro groups is 1. The van der Waals surface area contributed by atoms with Crippen molar-refractivity contribution in [3.63, 3.8) is 0 Å². The number of anilines is 1. The molecule has 2 N–H and O–H groups in total. The highest BCUT2D eigenvalue weighted by Gasteiger charge is 2.18. The molecule has 0 fully saturated rings. The van der Waals surface area contributed by atoms with Crippen molar-refractivity contribution in [2.24, 2.45) is 0 Å². The van der Waals surface area contributed by atoms with E-state index in [1.165, 1.54) is 6.07 Å². The molecule has 22 heavy (non-hydrogen) atoms. The van der Waals surface area contributed by atoms with E-state index in [1.54, 1.807) is 18.2 Å². The van der Waals surface area contributed by atoms with Gasteiger partial charge in [-0.2, -0.15) is 0 Å². The van der Waals surface area contributed by atoms with Gasteiger partial charge in [-0.3, -0.25) is 14.9 Å². The Morgan fingerprint density at radius 1 is 1.18 bits per heavy atom. The molecule has 0 aromatic heterocycles. The van der Waals surface area contributed by atoms with Crippen LogP contribution in [0.3, 0.4) is 0 Å². The molecule has 2 aromatic carbocycles. The molecule has 7 heteroatoms. The van der Waals surface area contributed by atoms with Crippen LogP contribution in [0.15, 0.2) is 42.5 Å². The van der Waals surface area contributed by atoms with Gasteiger partial charge in [0.15, 0.2) is 0 Å². The van der Waals surface area contributed by atoms with Crippen LogP contribution in [0, 0.1) is 17.0 Å². The van der Waals surface area contributed by atoms with E-state index in [4.69, 9.17) is 5.11 Å². The number of carboxylic acid groups (broad SMARTS) is 1. The molecular formula is C15H12N2O5. The number of rotatable bonds is 4. The number of carbonyl (C=O) groups excluding carboxylic acids is 1. The number of non-ortho nitro benzene ring substituents is 1. The van der Waals surface area contributed by atoms with Crippen LogP contribution in [-0.2, 0) is 0 Å². The first-order valence-corrected chi connectivity index (χ1v) is 6.28. The number of aryl methyl sites for hydroxylation is 1. The maximum absolute atomic E-state index is 12.1. The van der Waals surface area contributed by atoms with Crippen LogP contribution in [0.5, 0.6) is 0 Å². The van der Waals surface area contributed by atoms with Crippen molar-refractivity contribution in [3.05, 3.63) is 69.3 Å². The van der Waals surface area contributed by atoms with Gasteiger partial charge in [0.05, 0.1) is 16.2 Å². The highest BCUT2D eigenvalue weighted by molar-refractivity contribution is 6.08. The second kappa shape index (κ2) is 6.04. The summed E-state index contributed by atoms with van der Waals surface area (Å²) >= 11 is 0. The van der Waals surface area contributed by atoms with E-state index >= 15 is 0 Å². The molecule has 0 unspecified atom stereocenters. The topological polar surface area (TPSA) is 110 Å². The number of nitro benzene ring substituents is 1. The zero-order valence-corrected chi connectivity index (χ0v) is 11.6. The second-order valence-corrected chi connectivity index (χ2v) is 4.62. The van der Waals surface area contributed by atoms with Gasteiger partial charge in [-0.1, -0.05) is 17.7 Å². The molecule has 0 saturated heterocycles. The molecule has 1 amide bonds. The van der Waals surface area contributed by atoms with E-state index in [9.17, 15) is 19.7 Å². The number of nitrogens with one attached hydrogen (secondary N) is 1. The summed E-state index contributed by atoms with van der Waals surface area (Å²) in [5.41, 5.74) is 0.565. The van der Waals surface area contributed by atoms with Crippen molar-refractivity contribution in [1.29, 1.82) is 0 Å². The first kappa shape index (κ1) is 15.2. The molecule has 0 spiro atoms. The quantitative estimate of drug-likeness (QED) is 0.666. The molecule has 7 nitrogen and oxygen atoms in total. The largest absolute Gasteiger partial charge is 0.478 e. The Balaban J connectivity index is 2.34. The first-order chi connectivity index (χ1) is 10.4. The summed E-state index contributed by atoms with van der Waals surface area (Å²) in [5.74, 6) is -1.84. The van der Waals surface area contributed by atoms with Crippen LogP contribution < -0.4 is 5.32 Å². The lowest BCUT2D eigenvalue weighted by Gasteiger charge is -2.09. The third-order valence-corrected chi connectivity index (χ3v) is 2.97. The van der Waals surface area contributed by atoms with Crippen LogP contribution in [0.4, 0.5) is 11.4 Å². The molecule has 0 aliphatic heterocycles. The zero-order valence-electron chi connectivity index (χ0n) is 11.6. The highest BCUT2D eigenvalue weighted by atomic mass is 16.6. The summed E-state index contributed by atoms with van der Waals surface area (Å²) < 4.78 is 0. The van der Waals surface area contributed by atoms with Gasteiger partial charge in [-0.25, -0.2) is 4.79 Å². The van der Waals surface area contributed by atoms with Crippen LogP contribution in [0.1, 0.15) is 26.3 Å². The minimum atomic E-state index is -1.36. The van der Waals surface area contributed by atoms with Crippen molar-refractivity contribution in [2.45, 2.75) is 6.92 Å². The van der Waals surface area contributed by atoms with Crippen LogP contribution in [-0.4, -0.2) is 21.9 Å². The summed E-state index contributed by atoms with van der Waals surface area (Å²) in [4.78, 5) is 33.3. The molecule has 2 rings (SSSR count). The van der Waals surface area contributed by atoms with Gasteiger partial charge in [-0.05, 0) is 25.1 Å². The van der Waals surface area contributed by atoms with Crippen LogP contribution in [0.2, 0.25) is 0 Å². The third kappa shape index (κ3) is 3.26. The number of benzene rings is 2. The van der Waals surface area contributed by atoms with Gasteiger partial charge < -0.3 is 10.4 Å². The number of nitrogens with zero attached hydrogens (tertiary/aromatic N) is 1. The van der Waals surface area contributed by atoms with Crippen molar-refractivity contribution in [3.8, 4) is 0 Å². The molecule has 0 radical (unpaired) electrons. The average molecular weight is 300 g/mol. The molecule has 0 aliphatic carbocycles. The number of amides is 1. The minimum absolute atomic E-state index is 0.00426. The predicted octanol–water partition coefficient (Wildman–Crippen LogP) is 2.85. The van der Waals surface area contributed by atoms with Crippen LogP contribution in [0.25, 0.3) is 0 Å². The molecule has 0 bridgehead atoms. The zero-order chi connectivity index (χ0) is 16.3. The molecule has 2 aromatic rings. The lowest BCUT2D eigenvalue weighted by Crippen LogP contribution is -2.15. The van der Waals surface area contributed by atoms with Gasteiger partial charge in [-0.15, -0.1) is 0 Å². The fourth-order valence-electron chi connectivity index (χ4n) is 1.91. The van der Waals surface area contributed by atoms with E-state index in [0.717, 1.165) is 17.7 Å². The fourth-order valence-corrected chi connectivity index (χ4v) is 1.91. The smallest absolute Gasteiger partial charge is 0.338 e. The van der Waals surface area contributed by atoms with E-state index in [0.29, 0.717) is 5.56 Å². The Labute approximate surface area is 125 Å². The Hall–Kier alpha value is -3.22. The number of hydrogen-bond acceptors (Lipinski definition) is 4. The minimum Gasteiger partial charge on any atom is -0.478 e. The van der Waals surface area contributed by atoms with Gasteiger partial charge in [0.25, 0.3) is 11.6 Å². The average Bonchev–Trinajstić information content (AvgIpc) is 2.47. The summed E-state index contributed by atoms with van der Waals surface area (Å²) in [6.07, 6.45) is 0. The Bertz CT molecular complexity index is 770. The van der Waals surface area contributed by atoms with Crippen molar-refractivity contribution in [2.75, 3.05) is 5.32 Å². The SMILES string of the molecule is Cc1cccc(C(=O)Nc2ccc([N+](=O)[O-])cc2C(=O)O)c1. The number of hydrogen-bond donors (Lipinski definition) is 2. The summed E-state index contributed by atoms with van der Waals surface area (Å²) in [5, 5.41) is 22.3. The molecule has 0 aliphatic rings. The highest BCUT2D eigenvalue weighted by Crippen LogP contribution is 2.23. The van der Waals surface area contributed by atoms with E-state index in [2.05, 4.69) is 5.32 Å². The summed E-state index contributed by atoms with van der Waals surface area (Å²) in [6.45, 7) is 1.82. The van der Waals surface area contributed by atoms with Crippen molar-refractivity contribution >= 4 is 23.3 Å². The third-order valence-electron chi connectivity index (χ3n) is 2.97. The van der Waals surface area contributed by atoms with Gasteiger partial charge in [0.1, 0.15) is 0 Å². The molecule has 0 heterocycles. The fraction of sp³-hybridized carbons (Fsp3) is 0.0667. The Morgan fingerprint density at radius 2 is 1.91 bits per heavy atom. The lowest BCUT2D eigenvalue weighted by atomic mass is 10.1.